The highest BCUT2D eigenvalue weighted by Crippen LogP contribution is 2.35. The molecule has 0 spiro atoms. The molecule has 0 amide bonds. The molecular formula is C20H22ClNO5Si. The third-order valence-electron chi connectivity index (χ3n) is 4.93. The Labute approximate surface area is 170 Å². The van der Waals surface area contributed by atoms with Gasteiger partial charge >= 0.3 is 8.80 Å². The first-order valence-corrected chi connectivity index (χ1v) is 11.2. The van der Waals surface area contributed by atoms with Crippen LogP contribution in [0, 0.1) is 0 Å². The number of ketones is 2. The summed E-state index contributed by atoms with van der Waals surface area (Å²) in [7, 11) is 2.09. The number of halogens is 1. The van der Waals surface area contributed by atoms with E-state index in [4.69, 9.17) is 24.9 Å². The van der Waals surface area contributed by atoms with E-state index in [0.717, 1.165) is 6.42 Å². The molecule has 0 atom stereocenters. The van der Waals surface area contributed by atoms with Crippen LogP contribution in [-0.4, -0.2) is 48.2 Å². The van der Waals surface area contributed by atoms with E-state index in [1.54, 1.807) is 57.7 Å². The maximum absolute atomic E-state index is 13.1. The van der Waals surface area contributed by atoms with Crippen molar-refractivity contribution in [1.82, 2.24) is 0 Å². The summed E-state index contributed by atoms with van der Waals surface area (Å²) in [5, 5.41) is 3.56. The highest BCUT2D eigenvalue weighted by molar-refractivity contribution is 6.60. The fourth-order valence-electron chi connectivity index (χ4n) is 3.43. The molecule has 148 valence electrons. The van der Waals surface area contributed by atoms with E-state index >= 15 is 0 Å². The number of rotatable bonds is 8. The molecule has 0 bridgehead atoms. The molecule has 3 rings (SSSR count). The Morgan fingerprint density at radius 2 is 1.46 bits per heavy atom. The predicted molar refractivity (Wildman–Crippen MR) is 109 cm³/mol. The number of hydrogen-bond donors (Lipinski definition) is 1. The fourth-order valence-corrected chi connectivity index (χ4v) is 5.41. The third kappa shape index (κ3) is 3.64. The number of fused-ring (bicyclic) bond motifs is 2. The summed E-state index contributed by atoms with van der Waals surface area (Å²) in [5.41, 5.74) is 1.99. The first kappa shape index (κ1) is 20.7. The summed E-state index contributed by atoms with van der Waals surface area (Å²) in [6, 6.07) is 10.8. The molecule has 0 saturated carbocycles. The van der Waals surface area contributed by atoms with Gasteiger partial charge in [0.25, 0.3) is 0 Å². The van der Waals surface area contributed by atoms with Gasteiger partial charge in [-0.15, -0.1) is 0 Å². The second-order valence-electron chi connectivity index (χ2n) is 6.37. The molecule has 1 aliphatic carbocycles. The molecule has 0 fully saturated rings. The van der Waals surface area contributed by atoms with Gasteiger partial charge in [-0.3, -0.25) is 9.59 Å². The molecular weight excluding hydrogens is 398 g/mol. The summed E-state index contributed by atoms with van der Waals surface area (Å²) in [4.78, 5) is 25.9. The number of anilines is 1. The number of nitrogens with one attached hydrogen (secondary N) is 1. The Balaban J connectivity index is 1.81. The molecule has 28 heavy (non-hydrogen) atoms. The van der Waals surface area contributed by atoms with Crippen LogP contribution in [0.5, 0.6) is 0 Å². The van der Waals surface area contributed by atoms with Crippen LogP contribution in [0.4, 0.5) is 5.69 Å². The SMILES string of the molecule is CO[Si](CCCNc1cccc2c1C(=O)c1cccc(Cl)c1C2=O)(OC)OC. The van der Waals surface area contributed by atoms with Gasteiger partial charge in [-0.1, -0.05) is 35.9 Å². The topological polar surface area (TPSA) is 73.9 Å². The molecule has 2 aromatic carbocycles. The van der Waals surface area contributed by atoms with Crippen molar-refractivity contribution in [2.75, 3.05) is 33.2 Å². The Bertz CT molecular complexity index is 905. The lowest BCUT2D eigenvalue weighted by Crippen LogP contribution is -2.42. The van der Waals surface area contributed by atoms with Crippen molar-refractivity contribution in [1.29, 1.82) is 0 Å². The van der Waals surface area contributed by atoms with E-state index in [1.807, 2.05) is 0 Å². The molecule has 0 saturated heterocycles. The van der Waals surface area contributed by atoms with Crippen LogP contribution >= 0.6 is 11.6 Å². The minimum absolute atomic E-state index is 0.204. The monoisotopic (exact) mass is 419 g/mol. The molecule has 0 unspecified atom stereocenters. The van der Waals surface area contributed by atoms with Crippen LogP contribution in [0.15, 0.2) is 36.4 Å². The quantitative estimate of drug-likeness (QED) is 0.442. The van der Waals surface area contributed by atoms with Crippen molar-refractivity contribution in [2.24, 2.45) is 0 Å². The second-order valence-corrected chi connectivity index (χ2v) is 9.87. The van der Waals surface area contributed by atoms with Crippen molar-refractivity contribution < 1.29 is 22.9 Å². The standard InChI is InChI=1S/C20H22ClNO5Si/c1-25-28(26-2,27-3)12-6-11-22-16-10-5-8-14-18(16)20(24)13-7-4-9-15(21)17(13)19(14)23/h4-5,7-10,22H,6,11-12H2,1-3H3. The minimum atomic E-state index is -2.64. The lowest BCUT2D eigenvalue weighted by Gasteiger charge is -2.25. The van der Waals surface area contributed by atoms with Crippen LogP contribution in [0.3, 0.4) is 0 Å². The van der Waals surface area contributed by atoms with Gasteiger partial charge in [0.05, 0.1) is 16.1 Å². The highest BCUT2D eigenvalue weighted by Gasteiger charge is 2.37. The maximum atomic E-state index is 13.1. The zero-order chi connectivity index (χ0) is 20.3. The molecule has 8 heteroatoms. The molecule has 0 aliphatic heterocycles. The minimum Gasteiger partial charge on any atom is -0.384 e. The number of benzene rings is 2. The van der Waals surface area contributed by atoms with Crippen molar-refractivity contribution >= 4 is 37.7 Å². The van der Waals surface area contributed by atoms with Gasteiger partial charge in [-0.05, 0) is 18.6 Å². The van der Waals surface area contributed by atoms with Gasteiger partial charge in [0, 0.05) is 50.7 Å². The van der Waals surface area contributed by atoms with E-state index in [9.17, 15) is 9.59 Å². The van der Waals surface area contributed by atoms with Gasteiger partial charge < -0.3 is 18.6 Å². The lowest BCUT2D eigenvalue weighted by molar-refractivity contribution is 0.0979. The highest BCUT2D eigenvalue weighted by atomic mass is 35.5. The van der Waals surface area contributed by atoms with E-state index in [-0.39, 0.29) is 17.1 Å². The normalized spacial score (nSPS) is 13.3. The van der Waals surface area contributed by atoms with Gasteiger partial charge in [0.15, 0.2) is 11.6 Å². The zero-order valence-corrected chi connectivity index (χ0v) is 17.8. The van der Waals surface area contributed by atoms with Gasteiger partial charge in [-0.2, -0.15) is 0 Å². The Hall–Kier alpha value is -2.03. The first-order valence-electron chi connectivity index (χ1n) is 8.88. The number of carbonyl (C=O) groups is 2. The van der Waals surface area contributed by atoms with Crippen LogP contribution in [0.25, 0.3) is 0 Å². The van der Waals surface area contributed by atoms with Gasteiger partial charge in [0.1, 0.15) is 0 Å². The third-order valence-corrected chi connectivity index (χ3v) is 8.08. The summed E-state index contributed by atoms with van der Waals surface area (Å²) >= 11 is 6.17. The molecule has 2 aromatic rings. The summed E-state index contributed by atoms with van der Waals surface area (Å²) in [5.74, 6) is -0.437. The van der Waals surface area contributed by atoms with Crippen molar-refractivity contribution in [3.8, 4) is 0 Å². The fraction of sp³-hybridized carbons (Fsp3) is 0.300. The first-order chi connectivity index (χ1) is 13.5. The van der Waals surface area contributed by atoms with E-state index < -0.39 is 8.80 Å². The summed E-state index contributed by atoms with van der Waals surface area (Å²) in [6.07, 6.45) is 0.718. The van der Waals surface area contributed by atoms with Crippen molar-refractivity contribution in [2.45, 2.75) is 12.5 Å². The Morgan fingerprint density at radius 1 is 0.893 bits per heavy atom. The largest absolute Gasteiger partial charge is 0.500 e. The molecule has 1 N–H and O–H groups in total. The number of carbonyl (C=O) groups excluding carboxylic acids is 2. The van der Waals surface area contributed by atoms with Crippen LogP contribution in [0.2, 0.25) is 11.1 Å². The van der Waals surface area contributed by atoms with Gasteiger partial charge in [0.2, 0.25) is 0 Å². The number of hydrogen-bond acceptors (Lipinski definition) is 6. The van der Waals surface area contributed by atoms with E-state index in [2.05, 4.69) is 5.32 Å². The van der Waals surface area contributed by atoms with Crippen LogP contribution < -0.4 is 5.32 Å². The van der Waals surface area contributed by atoms with Gasteiger partial charge in [-0.25, -0.2) is 0 Å². The average Bonchev–Trinajstić information content (AvgIpc) is 2.72. The summed E-state index contributed by atoms with van der Waals surface area (Å²) < 4.78 is 16.2. The lowest BCUT2D eigenvalue weighted by atomic mass is 9.83. The molecule has 0 aromatic heterocycles. The van der Waals surface area contributed by atoms with Crippen molar-refractivity contribution in [3.05, 3.63) is 63.7 Å². The Kier molecular flexibility index (Phi) is 6.32. The van der Waals surface area contributed by atoms with Crippen molar-refractivity contribution in [3.63, 3.8) is 0 Å². The van der Waals surface area contributed by atoms with Crippen LogP contribution in [-0.2, 0) is 13.3 Å². The Morgan fingerprint density at radius 3 is 2.11 bits per heavy atom. The van der Waals surface area contributed by atoms with Crippen LogP contribution in [0.1, 0.15) is 38.3 Å². The maximum Gasteiger partial charge on any atom is 0.500 e. The molecule has 1 aliphatic rings. The second kappa shape index (κ2) is 8.55. The van der Waals surface area contributed by atoms with E-state index in [1.165, 1.54) is 0 Å². The smallest absolute Gasteiger partial charge is 0.384 e. The summed E-state index contributed by atoms with van der Waals surface area (Å²) in [6.45, 7) is 0.575. The molecule has 0 radical (unpaired) electrons. The zero-order valence-electron chi connectivity index (χ0n) is 16.0. The molecule has 0 heterocycles. The van der Waals surface area contributed by atoms with E-state index in [0.29, 0.717) is 40.0 Å². The predicted octanol–water partition coefficient (Wildman–Crippen LogP) is 3.80. The average molecular weight is 420 g/mol. The molecule has 6 nitrogen and oxygen atoms in total.